The van der Waals surface area contributed by atoms with E-state index in [2.05, 4.69) is 11.8 Å². The zero-order valence-corrected chi connectivity index (χ0v) is 15.3. The highest BCUT2D eigenvalue weighted by Gasteiger charge is 2.48. The molecule has 0 atom stereocenters. The van der Waals surface area contributed by atoms with E-state index in [0.29, 0.717) is 13.1 Å². The minimum atomic E-state index is -0.734. The van der Waals surface area contributed by atoms with Gasteiger partial charge in [0.1, 0.15) is 5.92 Å². The fourth-order valence-corrected chi connectivity index (χ4v) is 3.91. The lowest BCUT2D eigenvalue weighted by molar-refractivity contribution is -0.145. The predicted molar refractivity (Wildman–Crippen MR) is 94.7 cm³/mol. The number of rotatable bonds is 2. The summed E-state index contributed by atoms with van der Waals surface area (Å²) in [5, 5.41) is 3.23. The van der Waals surface area contributed by atoms with Gasteiger partial charge in [-0.2, -0.15) is 0 Å². The normalized spacial score (nSPS) is 18.9. The quantitative estimate of drug-likeness (QED) is 0.612. The van der Waals surface area contributed by atoms with E-state index in [1.54, 1.807) is 24.1 Å². The number of hydrogen-bond donors (Lipinski definition) is 0. The van der Waals surface area contributed by atoms with Gasteiger partial charge in [-0.05, 0) is 62.4 Å². The van der Waals surface area contributed by atoms with Crippen LogP contribution in [0.4, 0.5) is 0 Å². The van der Waals surface area contributed by atoms with Gasteiger partial charge in [-0.3, -0.25) is 19.6 Å². The van der Waals surface area contributed by atoms with Crippen molar-refractivity contribution in [2.24, 2.45) is 0 Å². The molecule has 1 aromatic carbocycles. The first-order valence-corrected chi connectivity index (χ1v) is 8.67. The van der Waals surface area contributed by atoms with Crippen molar-refractivity contribution < 1.29 is 14.3 Å². The molecule has 25 heavy (non-hydrogen) atoms. The molecule has 0 radical (unpaired) electrons. The van der Waals surface area contributed by atoms with E-state index in [-0.39, 0.29) is 17.9 Å². The first-order valence-electron chi connectivity index (χ1n) is 8.67. The van der Waals surface area contributed by atoms with Crippen LogP contribution in [0, 0.1) is 25.7 Å². The molecular weight excluding hydrogens is 316 g/mol. The Morgan fingerprint density at radius 1 is 1.04 bits per heavy atom. The van der Waals surface area contributed by atoms with Gasteiger partial charge in [-0.25, -0.2) is 0 Å². The Hall–Kier alpha value is -2.32. The first kappa shape index (κ1) is 17.5. The van der Waals surface area contributed by atoms with Crippen molar-refractivity contribution in [3.05, 3.63) is 34.4 Å². The van der Waals surface area contributed by atoms with Crippen molar-refractivity contribution in [3.8, 4) is 11.8 Å². The van der Waals surface area contributed by atoms with E-state index >= 15 is 0 Å². The predicted octanol–water partition coefficient (Wildman–Crippen LogP) is 2.15. The van der Waals surface area contributed by atoms with E-state index in [1.807, 2.05) is 26.0 Å². The van der Waals surface area contributed by atoms with Crippen LogP contribution in [0.1, 0.15) is 47.9 Å². The minimum absolute atomic E-state index is 0.0972. The van der Waals surface area contributed by atoms with E-state index in [9.17, 15) is 9.59 Å². The van der Waals surface area contributed by atoms with Crippen LogP contribution in [-0.2, 0) is 14.3 Å². The highest BCUT2D eigenvalue weighted by molar-refractivity contribution is 6.10. The maximum absolute atomic E-state index is 13.0. The molecular formula is C20H24N2O3. The van der Waals surface area contributed by atoms with Gasteiger partial charge in [0, 0.05) is 25.8 Å². The van der Waals surface area contributed by atoms with Crippen LogP contribution in [-0.4, -0.2) is 48.1 Å². The number of aryl methyl sites for hydroxylation is 2. The van der Waals surface area contributed by atoms with Crippen LogP contribution >= 0.6 is 0 Å². The van der Waals surface area contributed by atoms with Gasteiger partial charge in [0.25, 0.3) is 11.8 Å². The second-order valence-electron chi connectivity index (χ2n) is 6.69. The summed E-state index contributed by atoms with van der Waals surface area (Å²) in [5.74, 6) is 4.95. The Balaban J connectivity index is 1.96. The molecule has 0 spiro atoms. The molecule has 0 bridgehead atoms. The standard InChI is InChI=1S/C20H24N2O3/c1-5-6-15-11-13(2)17(14(3)12-15)18-19(23)21-9-7-16(25-4)8-10-22(21)20(18)24/h11-12,16,18H,7-10H2,1-4H3. The topological polar surface area (TPSA) is 49.9 Å². The third kappa shape index (κ3) is 3.03. The molecule has 2 saturated heterocycles. The Morgan fingerprint density at radius 2 is 1.56 bits per heavy atom. The average molecular weight is 340 g/mol. The van der Waals surface area contributed by atoms with E-state index in [1.165, 1.54) is 0 Å². The lowest BCUT2D eigenvalue weighted by Gasteiger charge is -2.24. The summed E-state index contributed by atoms with van der Waals surface area (Å²) in [4.78, 5) is 26.0. The van der Waals surface area contributed by atoms with Crippen LogP contribution in [0.2, 0.25) is 0 Å². The molecule has 0 aromatic heterocycles. The number of ether oxygens (including phenoxy) is 1. The van der Waals surface area contributed by atoms with Crippen molar-refractivity contribution in [2.45, 2.75) is 45.6 Å². The largest absolute Gasteiger partial charge is 0.381 e. The lowest BCUT2D eigenvalue weighted by Crippen LogP contribution is -2.40. The minimum Gasteiger partial charge on any atom is -0.381 e. The molecule has 0 saturated carbocycles. The molecule has 0 N–H and O–H groups in total. The third-order valence-corrected chi connectivity index (χ3v) is 5.10. The fourth-order valence-electron chi connectivity index (χ4n) is 3.91. The number of hydrazine groups is 1. The molecule has 2 heterocycles. The molecule has 0 aliphatic carbocycles. The van der Waals surface area contributed by atoms with Crippen molar-refractivity contribution in [1.29, 1.82) is 0 Å². The summed E-state index contributed by atoms with van der Waals surface area (Å²) in [7, 11) is 1.68. The third-order valence-electron chi connectivity index (χ3n) is 5.10. The summed E-state index contributed by atoms with van der Waals surface area (Å²) in [6.07, 6.45) is 1.60. The Bertz CT molecular complexity index is 726. The molecule has 1 aromatic rings. The van der Waals surface area contributed by atoms with Crippen LogP contribution < -0.4 is 0 Å². The molecule has 5 nitrogen and oxygen atoms in total. The van der Waals surface area contributed by atoms with E-state index < -0.39 is 5.92 Å². The van der Waals surface area contributed by atoms with Crippen molar-refractivity contribution in [2.75, 3.05) is 20.2 Å². The first-order chi connectivity index (χ1) is 12.0. The van der Waals surface area contributed by atoms with Crippen molar-refractivity contribution >= 4 is 11.8 Å². The van der Waals surface area contributed by atoms with Crippen LogP contribution in [0.3, 0.4) is 0 Å². The summed E-state index contributed by atoms with van der Waals surface area (Å²) in [5.41, 5.74) is 3.63. The average Bonchev–Trinajstić information content (AvgIpc) is 2.73. The lowest BCUT2D eigenvalue weighted by atomic mass is 9.88. The Labute approximate surface area is 148 Å². The number of carbonyl (C=O) groups is 2. The number of nitrogens with zero attached hydrogens (tertiary/aromatic N) is 2. The molecule has 3 rings (SSSR count). The summed E-state index contributed by atoms with van der Waals surface area (Å²) in [6.45, 7) is 6.74. The summed E-state index contributed by atoms with van der Waals surface area (Å²) >= 11 is 0. The van der Waals surface area contributed by atoms with Gasteiger partial charge in [0.2, 0.25) is 0 Å². The van der Waals surface area contributed by atoms with Gasteiger partial charge in [0.05, 0.1) is 6.10 Å². The summed E-state index contributed by atoms with van der Waals surface area (Å²) in [6, 6.07) is 3.92. The van der Waals surface area contributed by atoms with Gasteiger partial charge in [-0.15, -0.1) is 5.92 Å². The molecule has 2 aliphatic heterocycles. The smallest absolute Gasteiger partial charge is 0.258 e. The SMILES string of the molecule is CC#Cc1cc(C)c(C2C(=O)N3CCC(OC)CCN3C2=O)c(C)c1. The molecule has 5 heteroatoms. The molecule has 132 valence electrons. The number of amides is 2. The van der Waals surface area contributed by atoms with E-state index in [0.717, 1.165) is 35.1 Å². The number of carbonyl (C=O) groups excluding carboxylic acids is 2. The molecule has 2 amide bonds. The highest BCUT2D eigenvalue weighted by atomic mass is 16.5. The van der Waals surface area contributed by atoms with E-state index in [4.69, 9.17) is 4.74 Å². The van der Waals surface area contributed by atoms with Crippen LogP contribution in [0.25, 0.3) is 0 Å². The number of benzene rings is 1. The van der Waals surface area contributed by atoms with Crippen molar-refractivity contribution in [1.82, 2.24) is 10.0 Å². The summed E-state index contributed by atoms with van der Waals surface area (Å²) < 4.78 is 5.40. The second-order valence-corrected chi connectivity index (χ2v) is 6.69. The maximum atomic E-state index is 13.0. The van der Waals surface area contributed by atoms with Gasteiger partial charge in [-0.1, -0.05) is 5.92 Å². The zero-order valence-electron chi connectivity index (χ0n) is 15.3. The monoisotopic (exact) mass is 340 g/mol. The fraction of sp³-hybridized carbons (Fsp3) is 0.500. The molecule has 2 fully saturated rings. The van der Waals surface area contributed by atoms with Crippen LogP contribution in [0.5, 0.6) is 0 Å². The molecule has 2 aliphatic rings. The zero-order chi connectivity index (χ0) is 18.1. The van der Waals surface area contributed by atoms with Gasteiger partial charge < -0.3 is 4.74 Å². The Morgan fingerprint density at radius 3 is 2.00 bits per heavy atom. The number of methoxy groups -OCH3 is 1. The van der Waals surface area contributed by atoms with Gasteiger partial charge >= 0.3 is 0 Å². The number of fused-ring (bicyclic) bond motifs is 1. The highest BCUT2D eigenvalue weighted by Crippen LogP contribution is 2.35. The maximum Gasteiger partial charge on any atom is 0.258 e. The van der Waals surface area contributed by atoms with Gasteiger partial charge in [0.15, 0.2) is 0 Å². The number of hydrogen-bond acceptors (Lipinski definition) is 3. The van der Waals surface area contributed by atoms with Crippen molar-refractivity contribution in [3.63, 3.8) is 0 Å². The Kier molecular flexibility index (Phi) is 4.82. The molecule has 0 unspecified atom stereocenters. The second kappa shape index (κ2) is 6.89. The van der Waals surface area contributed by atoms with Crippen LogP contribution in [0.15, 0.2) is 12.1 Å².